The van der Waals surface area contributed by atoms with E-state index in [-0.39, 0.29) is 36.6 Å². The van der Waals surface area contributed by atoms with Gasteiger partial charge in [0.2, 0.25) is 15.9 Å². The molecule has 248 valence electrons. The van der Waals surface area contributed by atoms with E-state index in [0.29, 0.717) is 27.8 Å². The first-order valence-electron chi connectivity index (χ1n) is 14.0. The van der Waals surface area contributed by atoms with Gasteiger partial charge < -0.3 is 20.5 Å². The lowest BCUT2D eigenvalue weighted by Gasteiger charge is -2.16. The number of hydrogen-bond acceptors (Lipinski definition) is 10. The van der Waals surface area contributed by atoms with Crippen molar-refractivity contribution in [1.82, 2.24) is 15.0 Å². The normalized spacial score (nSPS) is 10.8. The molecule has 3 aromatic carbocycles. The summed E-state index contributed by atoms with van der Waals surface area (Å²) in [6.07, 6.45) is 2.54. The minimum Gasteiger partial charge on any atom is -0.504 e. The van der Waals surface area contributed by atoms with E-state index >= 15 is 0 Å². The molecule has 1 amide bonds. The number of anilines is 2. The molecule has 0 aliphatic carbocycles. The standard InChI is InChI=1S/C28H26N6O7S.C3H6Br2/c1-17-7-8-18(12-27(36)30-9-10-32-42(39,40)26-6-4-3-5-23(26)34(37)38)21(11-17)33-28-19(15-29)16-31-22-14-25(41-2)24(35)13-20(22)28;4-2-1-3-5/h3-8,11,13-14,16,32,35H,9-10,12H2,1-2H3,(H,30,36)(H,31,33);1-3H2. The van der Waals surface area contributed by atoms with Crippen molar-refractivity contribution >= 4 is 75.8 Å². The van der Waals surface area contributed by atoms with Crippen molar-refractivity contribution < 1.29 is 28.0 Å². The van der Waals surface area contributed by atoms with Crippen molar-refractivity contribution in [3.05, 3.63) is 87.6 Å². The predicted molar refractivity (Wildman–Crippen MR) is 186 cm³/mol. The van der Waals surface area contributed by atoms with E-state index in [1.54, 1.807) is 18.2 Å². The third-order valence-electron chi connectivity index (χ3n) is 6.52. The number of aryl methyl sites for hydroxylation is 1. The fourth-order valence-corrected chi connectivity index (χ4v) is 6.79. The summed E-state index contributed by atoms with van der Waals surface area (Å²) in [6, 6.07) is 15.4. The molecule has 0 saturated carbocycles. The third kappa shape index (κ3) is 10.1. The van der Waals surface area contributed by atoms with Gasteiger partial charge in [-0.2, -0.15) is 5.26 Å². The van der Waals surface area contributed by atoms with Gasteiger partial charge in [-0.15, -0.1) is 0 Å². The molecule has 0 bridgehead atoms. The number of methoxy groups -OCH3 is 1. The van der Waals surface area contributed by atoms with E-state index < -0.39 is 31.4 Å². The topological polar surface area (TPSA) is 197 Å². The van der Waals surface area contributed by atoms with E-state index in [0.717, 1.165) is 28.4 Å². The molecular formula is C31H32Br2N6O7S. The second kappa shape index (κ2) is 17.6. The zero-order chi connectivity index (χ0) is 34.6. The van der Waals surface area contributed by atoms with Gasteiger partial charge in [0, 0.05) is 53.2 Å². The summed E-state index contributed by atoms with van der Waals surface area (Å²) in [4.78, 5) is 27.0. The highest BCUT2D eigenvalue weighted by Crippen LogP contribution is 2.37. The maximum absolute atomic E-state index is 12.8. The van der Waals surface area contributed by atoms with Gasteiger partial charge in [-0.25, -0.2) is 13.1 Å². The summed E-state index contributed by atoms with van der Waals surface area (Å²) in [5.74, 6) is -0.316. The molecule has 16 heteroatoms. The molecule has 1 heterocycles. The first kappa shape index (κ1) is 37.2. The van der Waals surface area contributed by atoms with E-state index in [9.17, 15) is 33.7 Å². The van der Waals surface area contributed by atoms with Crippen LogP contribution in [0.2, 0.25) is 0 Å². The van der Waals surface area contributed by atoms with Crippen LogP contribution in [0.4, 0.5) is 17.1 Å². The number of nitrogens with zero attached hydrogens (tertiary/aromatic N) is 3. The number of rotatable bonds is 13. The number of nitro benzene ring substituents is 1. The van der Waals surface area contributed by atoms with Gasteiger partial charge >= 0.3 is 0 Å². The number of phenolic OH excluding ortho intramolecular Hbond substituents is 1. The van der Waals surface area contributed by atoms with Crippen molar-refractivity contribution in [2.24, 2.45) is 0 Å². The van der Waals surface area contributed by atoms with Crippen LogP contribution in [0.15, 0.2) is 65.7 Å². The number of ether oxygens (including phenoxy) is 1. The highest BCUT2D eigenvalue weighted by molar-refractivity contribution is 9.09. The van der Waals surface area contributed by atoms with E-state index in [1.165, 1.54) is 37.9 Å². The van der Waals surface area contributed by atoms with Crippen molar-refractivity contribution in [2.75, 3.05) is 36.2 Å². The molecule has 0 radical (unpaired) electrons. The molecule has 4 N–H and O–H groups in total. The van der Waals surface area contributed by atoms with Crippen LogP contribution in [0.3, 0.4) is 0 Å². The van der Waals surface area contributed by atoms with Crippen LogP contribution in [-0.2, 0) is 21.2 Å². The van der Waals surface area contributed by atoms with Gasteiger partial charge in [0.05, 0.1) is 35.2 Å². The number of pyridine rings is 1. The Labute approximate surface area is 288 Å². The lowest BCUT2D eigenvalue weighted by Crippen LogP contribution is -2.35. The fraction of sp³-hybridized carbons (Fsp3) is 0.258. The first-order valence-corrected chi connectivity index (χ1v) is 17.8. The van der Waals surface area contributed by atoms with Crippen LogP contribution in [0.1, 0.15) is 23.1 Å². The van der Waals surface area contributed by atoms with E-state index in [4.69, 9.17) is 4.74 Å². The molecular weight excluding hydrogens is 760 g/mol. The average molecular weight is 793 g/mol. The van der Waals surface area contributed by atoms with Crippen LogP contribution in [0, 0.1) is 28.4 Å². The molecule has 0 atom stereocenters. The molecule has 4 rings (SSSR count). The number of alkyl halides is 2. The molecule has 0 spiro atoms. The number of benzene rings is 3. The Hall–Kier alpha value is -4.30. The summed E-state index contributed by atoms with van der Waals surface area (Å²) < 4.78 is 32.5. The Balaban J connectivity index is 0.00000111. The van der Waals surface area contributed by atoms with Crippen molar-refractivity contribution in [3.8, 4) is 17.6 Å². The number of nitro groups is 1. The van der Waals surface area contributed by atoms with Crippen LogP contribution >= 0.6 is 31.9 Å². The maximum atomic E-state index is 12.8. The predicted octanol–water partition coefficient (Wildman–Crippen LogP) is 5.58. The summed E-state index contributed by atoms with van der Waals surface area (Å²) in [7, 11) is -2.77. The van der Waals surface area contributed by atoms with Gasteiger partial charge in [-0.3, -0.25) is 19.9 Å². The number of carbonyl (C=O) groups excluding carboxylic acids is 1. The number of sulfonamides is 1. The number of aromatic nitrogens is 1. The van der Waals surface area contributed by atoms with Gasteiger partial charge in [0.25, 0.3) is 5.69 Å². The summed E-state index contributed by atoms with van der Waals surface area (Å²) in [6.45, 7) is 1.60. The van der Waals surface area contributed by atoms with Crippen molar-refractivity contribution in [2.45, 2.75) is 24.7 Å². The first-order chi connectivity index (χ1) is 22.4. The van der Waals surface area contributed by atoms with Crippen molar-refractivity contribution in [3.63, 3.8) is 0 Å². The van der Waals surface area contributed by atoms with E-state index in [1.807, 2.05) is 13.0 Å². The highest BCUT2D eigenvalue weighted by atomic mass is 79.9. The van der Waals surface area contributed by atoms with Crippen LogP contribution in [0.5, 0.6) is 11.5 Å². The number of nitriles is 1. The second-order valence-corrected chi connectivity index (χ2v) is 13.2. The number of para-hydroxylation sites is 1. The van der Waals surface area contributed by atoms with Gasteiger partial charge in [-0.05, 0) is 42.7 Å². The van der Waals surface area contributed by atoms with Crippen LogP contribution < -0.4 is 20.1 Å². The smallest absolute Gasteiger partial charge is 0.289 e. The molecule has 0 aliphatic rings. The summed E-state index contributed by atoms with van der Waals surface area (Å²) in [5, 5.41) is 39.8. The third-order valence-corrected chi connectivity index (χ3v) is 9.15. The van der Waals surface area contributed by atoms with E-state index in [2.05, 4.69) is 58.3 Å². The largest absolute Gasteiger partial charge is 0.504 e. The average Bonchev–Trinajstić information content (AvgIpc) is 3.05. The highest BCUT2D eigenvalue weighted by Gasteiger charge is 2.24. The molecule has 13 nitrogen and oxygen atoms in total. The minimum absolute atomic E-state index is 0.0675. The number of nitrogens with one attached hydrogen (secondary N) is 3. The molecule has 0 unspecified atom stereocenters. The second-order valence-electron chi connectivity index (χ2n) is 9.87. The van der Waals surface area contributed by atoms with Gasteiger partial charge in [0.1, 0.15) is 6.07 Å². The summed E-state index contributed by atoms with van der Waals surface area (Å²) in [5.41, 5.74) is 2.54. The monoisotopic (exact) mass is 790 g/mol. The van der Waals surface area contributed by atoms with Crippen LogP contribution in [0.25, 0.3) is 10.9 Å². The maximum Gasteiger partial charge on any atom is 0.289 e. The SMILES string of the molecule is BrCCCBr.COc1cc2ncc(C#N)c(Nc3cc(C)ccc3CC(=O)NCCNS(=O)(=O)c3ccccc3[N+](=O)[O-])c2cc1O. The molecule has 0 aliphatic heterocycles. The zero-order valence-electron chi connectivity index (χ0n) is 25.4. The Morgan fingerprint density at radius 2 is 1.85 bits per heavy atom. The quantitative estimate of drug-likeness (QED) is 0.0574. The number of fused-ring (bicyclic) bond motifs is 1. The lowest BCUT2D eigenvalue weighted by molar-refractivity contribution is -0.387. The summed E-state index contributed by atoms with van der Waals surface area (Å²) >= 11 is 6.56. The molecule has 1 aromatic heterocycles. The van der Waals surface area contributed by atoms with Crippen LogP contribution in [-0.4, -0.2) is 60.2 Å². The molecule has 47 heavy (non-hydrogen) atoms. The number of carbonyl (C=O) groups is 1. The number of phenols is 1. The fourth-order valence-electron chi connectivity index (χ4n) is 4.27. The Kier molecular flexibility index (Phi) is 13.9. The number of amides is 1. The molecule has 4 aromatic rings. The Bertz CT molecular complexity index is 1900. The number of aromatic hydroxyl groups is 1. The van der Waals surface area contributed by atoms with Gasteiger partial charge in [0.15, 0.2) is 16.4 Å². The lowest BCUT2D eigenvalue weighted by atomic mass is 10.0. The van der Waals surface area contributed by atoms with Crippen molar-refractivity contribution in [1.29, 1.82) is 5.26 Å². The Morgan fingerprint density at radius 1 is 1.13 bits per heavy atom. The zero-order valence-corrected chi connectivity index (χ0v) is 29.4. The molecule has 0 saturated heterocycles. The number of halogens is 2. The minimum atomic E-state index is -4.18. The van der Waals surface area contributed by atoms with Gasteiger partial charge in [-0.1, -0.05) is 56.1 Å². The number of hydrogen-bond donors (Lipinski definition) is 4. The molecule has 0 fully saturated rings. The Morgan fingerprint density at radius 3 is 2.49 bits per heavy atom.